The number of carbonyl (C=O) groups excluding carboxylic acids is 1. The lowest BCUT2D eigenvalue weighted by atomic mass is 9.72. The topological polar surface area (TPSA) is 50.4 Å². The minimum Gasteiger partial charge on any atom is -0.381 e. The first kappa shape index (κ1) is 17.0. The number of ether oxygens (including phenoxy) is 1. The van der Waals surface area contributed by atoms with E-state index in [1.807, 2.05) is 0 Å². The number of hydrogen-bond acceptors (Lipinski definition) is 3. The Bertz CT molecular complexity index is 631. The number of nitrogens with one attached hydrogen (secondary N) is 2. The number of rotatable bonds is 4. The standard InChI is InChI=1S/C21H30N2O2/c1-16-4-2-3-5-17(16)21(8-12-25-13-9-21)15-23-19(24)18-14-20(18)6-10-22-11-7-20/h2-5,18,22H,6-15H2,1H3,(H,23,24). The van der Waals surface area contributed by atoms with Gasteiger partial charge in [0.2, 0.25) is 5.91 Å². The van der Waals surface area contributed by atoms with E-state index in [4.69, 9.17) is 4.74 Å². The maximum atomic E-state index is 12.8. The van der Waals surface area contributed by atoms with Gasteiger partial charge in [0.25, 0.3) is 0 Å². The molecule has 2 heterocycles. The van der Waals surface area contributed by atoms with Crippen molar-refractivity contribution in [2.24, 2.45) is 11.3 Å². The maximum Gasteiger partial charge on any atom is 0.223 e. The summed E-state index contributed by atoms with van der Waals surface area (Å²) in [5.41, 5.74) is 3.03. The van der Waals surface area contributed by atoms with E-state index in [-0.39, 0.29) is 17.2 Å². The van der Waals surface area contributed by atoms with Crippen LogP contribution in [-0.4, -0.2) is 38.8 Å². The highest BCUT2D eigenvalue weighted by atomic mass is 16.5. The average molecular weight is 342 g/mol. The van der Waals surface area contributed by atoms with Gasteiger partial charge in [-0.2, -0.15) is 0 Å². The van der Waals surface area contributed by atoms with Crippen LogP contribution in [0, 0.1) is 18.3 Å². The fourth-order valence-electron chi connectivity index (χ4n) is 5.05. The van der Waals surface area contributed by atoms with Crippen LogP contribution in [0.2, 0.25) is 0 Å². The van der Waals surface area contributed by atoms with Crippen LogP contribution in [0.25, 0.3) is 0 Å². The fraction of sp³-hybridized carbons (Fsp3) is 0.667. The Kier molecular flexibility index (Phi) is 4.59. The summed E-state index contributed by atoms with van der Waals surface area (Å²) in [6.07, 6.45) is 5.36. The summed E-state index contributed by atoms with van der Waals surface area (Å²) < 4.78 is 5.62. The van der Waals surface area contributed by atoms with Crippen molar-refractivity contribution in [2.75, 3.05) is 32.8 Å². The quantitative estimate of drug-likeness (QED) is 0.884. The zero-order valence-corrected chi connectivity index (χ0v) is 15.3. The van der Waals surface area contributed by atoms with E-state index >= 15 is 0 Å². The summed E-state index contributed by atoms with van der Waals surface area (Å²) in [6.45, 7) is 6.61. The van der Waals surface area contributed by atoms with Gasteiger partial charge in [-0.3, -0.25) is 4.79 Å². The van der Waals surface area contributed by atoms with Crippen molar-refractivity contribution in [2.45, 2.75) is 44.4 Å². The first-order valence-electron chi connectivity index (χ1n) is 9.78. The van der Waals surface area contributed by atoms with Gasteiger partial charge in [-0.25, -0.2) is 0 Å². The molecule has 0 aromatic heterocycles. The van der Waals surface area contributed by atoms with Crippen LogP contribution in [0.3, 0.4) is 0 Å². The highest BCUT2D eigenvalue weighted by Gasteiger charge is 2.57. The molecule has 0 radical (unpaired) electrons. The molecule has 1 unspecified atom stereocenters. The minimum atomic E-state index is 0.0232. The second-order valence-corrected chi connectivity index (χ2v) is 8.29. The van der Waals surface area contributed by atoms with Crippen LogP contribution in [0.15, 0.2) is 24.3 Å². The minimum absolute atomic E-state index is 0.0232. The summed E-state index contributed by atoms with van der Waals surface area (Å²) >= 11 is 0. The predicted molar refractivity (Wildman–Crippen MR) is 98.6 cm³/mol. The largest absolute Gasteiger partial charge is 0.381 e. The number of aryl methyl sites for hydroxylation is 1. The van der Waals surface area contributed by atoms with Crippen molar-refractivity contribution < 1.29 is 9.53 Å². The molecule has 1 aromatic rings. The molecule has 0 bridgehead atoms. The number of hydrogen-bond donors (Lipinski definition) is 2. The molecule has 136 valence electrons. The lowest BCUT2D eigenvalue weighted by Gasteiger charge is -2.39. The molecular weight excluding hydrogens is 312 g/mol. The van der Waals surface area contributed by atoms with E-state index in [1.165, 1.54) is 11.1 Å². The third-order valence-electron chi connectivity index (χ3n) is 6.87. The maximum absolute atomic E-state index is 12.8. The van der Waals surface area contributed by atoms with E-state index in [0.29, 0.717) is 5.41 Å². The van der Waals surface area contributed by atoms with Crippen molar-refractivity contribution in [3.05, 3.63) is 35.4 Å². The highest BCUT2D eigenvalue weighted by molar-refractivity contribution is 5.82. The van der Waals surface area contributed by atoms with E-state index in [2.05, 4.69) is 41.8 Å². The van der Waals surface area contributed by atoms with Crippen LogP contribution >= 0.6 is 0 Å². The first-order chi connectivity index (χ1) is 12.2. The third kappa shape index (κ3) is 3.22. The monoisotopic (exact) mass is 342 g/mol. The second kappa shape index (κ2) is 6.73. The Hall–Kier alpha value is -1.39. The lowest BCUT2D eigenvalue weighted by molar-refractivity contribution is -0.123. The number of amides is 1. The van der Waals surface area contributed by atoms with Gasteiger partial charge < -0.3 is 15.4 Å². The van der Waals surface area contributed by atoms with E-state index in [0.717, 1.165) is 65.0 Å². The van der Waals surface area contributed by atoms with Gasteiger partial charge in [-0.1, -0.05) is 24.3 Å². The molecule has 1 atom stereocenters. The van der Waals surface area contributed by atoms with Gasteiger partial charge >= 0.3 is 0 Å². The normalized spacial score (nSPS) is 27.0. The van der Waals surface area contributed by atoms with Crippen molar-refractivity contribution in [3.8, 4) is 0 Å². The number of benzene rings is 1. The Morgan fingerprint density at radius 3 is 2.64 bits per heavy atom. The molecule has 4 heteroatoms. The SMILES string of the molecule is Cc1ccccc1C1(CNC(=O)C2CC23CCNCC3)CCOCC1. The molecule has 2 saturated heterocycles. The van der Waals surface area contributed by atoms with Crippen molar-refractivity contribution in [3.63, 3.8) is 0 Å². The zero-order valence-electron chi connectivity index (χ0n) is 15.3. The van der Waals surface area contributed by atoms with Crippen LogP contribution in [-0.2, 0) is 14.9 Å². The summed E-state index contributed by atoms with van der Waals surface area (Å²) in [7, 11) is 0. The molecule has 25 heavy (non-hydrogen) atoms. The molecule has 2 N–H and O–H groups in total. The summed E-state index contributed by atoms with van der Waals surface area (Å²) in [4.78, 5) is 12.8. The molecule has 4 rings (SSSR count). The van der Waals surface area contributed by atoms with Crippen LogP contribution in [0.1, 0.15) is 43.2 Å². The summed E-state index contributed by atoms with van der Waals surface area (Å²) in [5.74, 6) is 0.518. The molecular formula is C21H30N2O2. The molecule has 3 aliphatic rings. The molecule has 1 aliphatic carbocycles. The van der Waals surface area contributed by atoms with Gasteiger partial charge in [0.05, 0.1) is 0 Å². The second-order valence-electron chi connectivity index (χ2n) is 8.29. The van der Waals surface area contributed by atoms with Crippen molar-refractivity contribution in [1.82, 2.24) is 10.6 Å². The summed E-state index contributed by atoms with van der Waals surface area (Å²) in [5, 5.41) is 6.75. The van der Waals surface area contributed by atoms with Crippen LogP contribution < -0.4 is 10.6 Å². The van der Waals surface area contributed by atoms with E-state index in [9.17, 15) is 4.79 Å². The number of carbonyl (C=O) groups is 1. The van der Waals surface area contributed by atoms with Crippen LogP contribution in [0.4, 0.5) is 0 Å². The molecule has 4 nitrogen and oxygen atoms in total. The van der Waals surface area contributed by atoms with Gasteiger partial charge in [0.1, 0.15) is 0 Å². The molecule has 1 spiro atoms. The Balaban J connectivity index is 1.45. The van der Waals surface area contributed by atoms with Crippen molar-refractivity contribution >= 4 is 5.91 Å². The molecule has 1 aromatic carbocycles. The van der Waals surface area contributed by atoms with Gasteiger partial charge in [-0.15, -0.1) is 0 Å². The highest BCUT2D eigenvalue weighted by Crippen LogP contribution is 2.58. The number of piperidine rings is 1. The Morgan fingerprint density at radius 2 is 1.92 bits per heavy atom. The molecule has 3 fully saturated rings. The third-order valence-corrected chi connectivity index (χ3v) is 6.87. The average Bonchev–Trinajstić information content (AvgIpc) is 3.34. The van der Waals surface area contributed by atoms with Crippen LogP contribution in [0.5, 0.6) is 0 Å². The Labute approximate surface area is 150 Å². The van der Waals surface area contributed by atoms with E-state index in [1.54, 1.807) is 0 Å². The van der Waals surface area contributed by atoms with Gasteiger partial charge in [-0.05, 0) is 68.7 Å². The zero-order chi connectivity index (χ0) is 17.3. The summed E-state index contributed by atoms with van der Waals surface area (Å²) in [6, 6.07) is 8.62. The van der Waals surface area contributed by atoms with Gasteiger partial charge in [0.15, 0.2) is 0 Å². The van der Waals surface area contributed by atoms with Gasteiger partial charge in [0, 0.05) is 31.1 Å². The fourth-order valence-corrected chi connectivity index (χ4v) is 5.05. The predicted octanol–water partition coefficient (Wildman–Crippen LogP) is 2.55. The first-order valence-corrected chi connectivity index (χ1v) is 9.78. The molecule has 1 saturated carbocycles. The molecule has 2 aliphatic heterocycles. The van der Waals surface area contributed by atoms with E-state index < -0.39 is 0 Å². The van der Waals surface area contributed by atoms with Crippen molar-refractivity contribution in [1.29, 1.82) is 0 Å². The smallest absolute Gasteiger partial charge is 0.223 e. The molecule has 1 amide bonds. The Morgan fingerprint density at radius 1 is 1.20 bits per heavy atom. The lowest BCUT2D eigenvalue weighted by Crippen LogP contribution is -2.46.